The smallest absolute Gasteiger partial charge is 0.133 e. The van der Waals surface area contributed by atoms with Gasteiger partial charge in [-0.05, 0) is 50.2 Å². The first kappa shape index (κ1) is 13.5. The van der Waals surface area contributed by atoms with Crippen LogP contribution < -0.4 is 10.6 Å². The van der Waals surface area contributed by atoms with Crippen molar-refractivity contribution in [2.75, 3.05) is 31.1 Å². The summed E-state index contributed by atoms with van der Waals surface area (Å²) in [5.74, 6) is 1.17. The van der Waals surface area contributed by atoms with Gasteiger partial charge in [0.1, 0.15) is 5.82 Å². The third-order valence-corrected chi connectivity index (χ3v) is 5.25. The van der Waals surface area contributed by atoms with E-state index in [9.17, 15) is 0 Å². The number of pyridine rings is 1. The first-order valence-electron chi connectivity index (χ1n) is 8.56. The number of nitrogens with zero attached hydrogens (tertiary/aromatic N) is 3. The van der Waals surface area contributed by atoms with Gasteiger partial charge in [-0.15, -0.1) is 0 Å². The van der Waals surface area contributed by atoms with Crippen molar-refractivity contribution in [2.24, 2.45) is 5.73 Å². The molecule has 0 bridgehead atoms. The Labute approximate surface area is 127 Å². The predicted molar refractivity (Wildman–Crippen MR) is 85.6 cm³/mol. The Morgan fingerprint density at radius 2 is 1.86 bits per heavy atom. The molecule has 2 heterocycles. The van der Waals surface area contributed by atoms with Crippen LogP contribution in [0.4, 0.5) is 5.82 Å². The van der Waals surface area contributed by atoms with Crippen LogP contribution in [0.3, 0.4) is 0 Å². The lowest BCUT2D eigenvalue weighted by molar-refractivity contribution is 0.247. The maximum atomic E-state index is 6.00. The van der Waals surface area contributed by atoms with Gasteiger partial charge in [-0.2, -0.15) is 0 Å². The Morgan fingerprint density at radius 1 is 1.10 bits per heavy atom. The Bertz CT molecular complexity index is 516. The van der Waals surface area contributed by atoms with Crippen molar-refractivity contribution < 1.29 is 0 Å². The first-order valence-corrected chi connectivity index (χ1v) is 8.56. The fraction of sp³-hybridized carbons (Fsp3) is 0.706. The average molecular weight is 286 g/mol. The molecule has 0 spiro atoms. The number of hydrogen-bond donors (Lipinski definition) is 1. The number of rotatable bonds is 3. The van der Waals surface area contributed by atoms with Crippen LogP contribution in [-0.4, -0.2) is 42.1 Å². The fourth-order valence-electron chi connectivity index (χ4n) is 3.83. The Morgan fingerprint density at radius 3 is 2.57 bits per heavy atom. The van der Waals surface area contributed by atoms with Crippen LogP contribution in [0.2, 0.25) is 0 Å². The molecule has 2 N–H and O–H groups in total. The average Bonchev–Trinajstić information content (AvgIpc) is 3.39. The SMILES string of the molecule is NCc1cc2c(nc1N1CCN(C3CC3)CC1)CCCC2. The quantitative estimate of drug-likeness (QED) is 0.919. The zero-order chi connectivity index (χ0) is 14.2. The van der Waals surface area contributed by atoms with Crippen LogP contribution in [0.15, 0.2) is 6.07 Å². The van der Waals surface area contributed by atoms with Gasteiger partial charge in [0.2, 0.25) is 0 Å². The monoisotopic (exact) mass is 286 g/mol. The van der Waals surface area contributed by atoms with Crippen molar-refractivity contribution in [2.45, 2.75) is 51.1 Å². The van der Waals surface area contributed by atoms with Gasteiger partial charge >= 0.3 is 0 Å². The van der Waals surface area contributed by atoms with Gasteiger partial charge in [0.05, 0.1) is 0 Å². The number of hydrogen-bond acceptors (Lipinski definition) is 4. The van der Waals surface area contributed by atoms with E-state index >= 15 is 0 Å². The number of aromatic nitrogens is 1. The highest BCUT2D eigenvalue weighted by Gasteiger charge is 2.32. The molecule has 0 aromatic carbocycles. The molecule has 114 valence electrons. The number of fused-ring (bicyclic) bond motifs is 1. The highest BCUT2D eigenvalue weighted by Crippen LogP contribution is 2.30. The number of piperazine rings is 1. The molecule has 0 atom stereocenters. The zero-order valence-electron chi connectivity index (χ0n) is 12.9. The first-order chi connectivity index (χ1) is 10.3. The van der Waals surface area contributed by atoms with Crippen LogP contribution in [0.25, 0.3) is 0 Å². The van der Waals surface area contributed by atoms with Crippen LogP contribution in [0.1, 0.15) is 42.5 Å². The normalized spacial score (nSPS) is 23.2. The van der Waals surface area contributed by atoms with Gasteiger partial charge in [0.15, 0.2) is 0 Å². The van der Waals surface area contributed by atoms with Crippen LogP contribution >= 0.6 is 0 Å². The highest BCUT2D eigenvalue weighted by atomic mass is 15.3. The van der Waals surface area contributed by atoms with E-state index in [0.717, 1.165) is 25.6 Å². The van der Waals surface area contributed by atoms with Crippen molar-refractivity contribution in [3.63, 3.8) is 0 Å². The molecule has 4 heteroatoms. The van der Waals surface area contributed by atoms with Crippen molar-refractivity contribution >= 4 is 5.82 Å². The molecule has 3 aliphatic rings. The zero-order valence-corrected chi connectivity index (χ0v) is 12.9. The lowest BCUT2D eigenvalue weighted by Crippen LogP contribution is -2.48. The molecule has 21 heavy (non-hydrogen) atoms. The van der Waals surface area contributed by atoms with Crippen molar-refractivity contribution in [3.8, 4) is 0 Å². The lowest BCUT2D eigenvalue weighted by Gasteiger charge is -2.37. The predicted octanol–water partition coefficient (Wildman–Crippen LogP) is 1.70. The third-order valence-electron chi connectivity index (χ3n) is 5.25. The van der Waals surface area contributed by atoms with Gasteiger partial charge in [-0.25, -0.2) is 4.98 Å². The summed E-state index contributed by atoms with van der Waals surface area (Å²) in [7, 11) is 0. The number of anilines is 1. The minimum Gasteiger partial charge on any atom is -0.354 e. The van der Waals surface area contributed by atoms with E-state index in [-0.39, 0.29) is 0 Å². The molecule has 4 nitrogen and oxygen atoms in total. The van der Waals surface area contributed by atoms with E-state index in [4.69, 9.17) is 10.7 Å². The van der Waals surface area contributed by atoms with Crippen LogP contribution in [0.5, 0.6) is 0 Å². The van der Waals surface area contributed by atoms with Crippen molar-refractivity contribution in [3.05, 3.63) is 22.9 Å². The summed E-state index contributed by atoms with van der Waals surface area (Å²) in [5.41, 5.74) is 10.0. The van der Waals surface area contributed by atoms with E-state index in [0.29, 0.717) is 6.54 Å². The van der Waals surface area contributed by atoms with E-state index < -0.39 is 0 Å². The number of aryl methyl sites for hydroxylation is 2. The summed E-state index contributed by atoms with van der Waals surface area (Å²) in [4.78, 5) is 10.1. The summed E-state index contributed by atoms with van der Waals surface area (Å²) >= 11 is 0. The topological polar surface area (TPSA) is 45.4 Å². The second-order valence-electron chi connectivity index (χ2n) is 6.74. The standard InChI is InChI=1S/C17H26N4/c18-12-14-11-13-3-1-2-4-16(13)19-17(14)21-9-7-20(8-10-21)15-5-6-15/h11,15H,1-10,12,18H2. The molecule has 1 saturated heterocycles. The maximum absolute atomic E-state index is 6.00. The summed E-state index contributed by atoms with van der Waals surface area (Å²) in [5, 5.41) is 0. The van der Waals surface area contributed by atoms with E-state index in [1.165, 1.54) is 67.8 Å². The molecule has 0 amide bonds. The van der Waals surface area contributed by atoms with Gasteiger partial charge in [0.25, 0.3) is 0 Å². The molecule has 4 rings (SSSR count). The van der Waals surface area contributed by atoms with Gasteiger partial charge in [0, 0.05) is 50.0 Å². The minimum absolute atomic E-state index is 0.610. The van der Waals surface area contributed by atoms with E-state index in [1.54, 1.807) is 0 Å². The van der Waals surface area contributed by atoms with Gasteiger partial charge < -0.3 is 10.6 Å². The van der Waals surface area contributed by atoms with Crippen molar-refractivity contribution in [1.82, 2.24) is 9.88 Å². The molecule has 0 radical (unpaired) electrons. The molecular formula is C17H26N4. The largest absolute Gasteiger partial charge is 0.354 e. The van der Waals surface area contributed by atoms with Crippen LogP contribution in [-0.2, 0) is 19.4 Å². The third kappa shape index (κ3) is 2.67. The fourth-order valence-corrected chi connectivity index (χ4v) is 3.83. The lowest BCUT2D eigenvalue weighted by atomic mass is 9.94. The molecule has 1 saturated carbocycles. The summed E-state index contributed by atoms with van der Waals surface area (Å²) in [6.07, 6.45) is 7.74. The van der Waals surface area contributed by atoms with Crippen molar-refractivity contribution in [1.29, 1.82) is 0 Å². The molecule has 1 aromatic heterocycles. The summed E-state index contributed by atoms with van der Waals surface area (Å²) in [6, 6.07) is 3.22. The Kier molecular flexibility index (Phi) is 3.59. The Balaban J connectivity index is 1.55. The molecule has 2 aliphatic carbocycles. The Hall–Kier alpha value is -1.13. The molecule has 1 aromatic rings. The van der Waals surface area contributed by atoms with Crippen LogP contribution in [0, 0.1) is 0 Å². The van der Waals surface area contributed by atoms with Gasteiger partial charge in [-0.1, -0.05) is 0 Å². The summed E-state index contributed by atoms with van der Waals surface area (Å²) < 4.78 is 0. The maximum Gasteiger partial charge on any atom is 0.133 e. The highest BCUT2D eigenvalue weighted by molar-refractivity contribution is 5.51. The molecule has 2 fully saturated rings. The summed E-state index contributed by atoms with van der Waals surface area (Å²) in [6.45, 7) is 5.20. The molecular weight excluding hydrogens is 260 g/mol. The van der Waals surface area contributed by atoms with Gasteiger partial charge in [-0.3, -0.25) is 4.90 Å². The second-order valence-corrected chi connectivity index (χ2v) is 6.74. The molecule has 0 unspecified atom stereocenters. The second kappa shape index (κ2) is 5.58. The molecule has 1 aliphatic heterocycles. The van der Waals surface area contributed by atoms with E-state index in [2.05, 4.69) is 15.9 Å². The van der Waals surface area contributed by atoms with E-state index in [1.807, 2.05) is 0 Å². The number of nitrogens with two attached hydrogens (primary N) is 1. The minimum atomic E-state index is 0.610.